The van der Waals surface area contributed by atoms with Crippen LogP contribution in [0.5, 0.6) is 0 Å². The summed E-state index contributed by atoms with van der Waals surface area (Å²) >= 11 is 31.3. The maximum absolute atomic E-state index is 5.31. The normalized spacial score (nSPS) is 9.92. The second-order valence-electron chi connectivity index (χ2n) is 2.80. The van der Waals surface area contributed by atoms with Crippen LogP contribution in [0.15, 0.2) is 9.52 Å². The molecule has 0 saturated carbocycles. The SMILES string of the molecule is ClC(Cl)=C(Cl)C(Cl)(Cl)Cl.[CH3][Al]([CH3])[CH3]. The number of rotatable bonds is 0. The first-order valence-corrected chi connectivity index (χ1v) is 9.10. The Morgan fingerprint density at radius 1 is 0.923 bits per heavy atom. The van der Waals surface area contributed by atoms with Crippen LogP contribution in [0, 0.1) is 0 Å². The smallest absolute Gasteiger partial charge is 0.106 e. The summed E-state index contributed by atoms with van der Waals surface area (Å²) in [6.45, 7) is 0. The molecular formula is C6H9AlCl6. The first-order valence-electron chi connectivity index (χ1n) is 3.37. The molecule has 0 aliphatic heterocycles. The maximum Gasteiger partial charge on any atom is 0.251 e. The van der Waals surface area contributed by atoms with Gasteiger partial charge in [0.05, 0.1) is 5.03 Å². The van der Waals surface area contributed by atoms with E-state index in [1.165, 1.54) is 0 Å². The van der Waals surface area contributed by atoms with Gasteiger partial charge in [0.15, 0.2) is 0 Å². The molecule has 0 aliphatic rings. The molecule has 0 aromatic rings. The first kappa shape index (κ1) is 17.4. The number of allylic oxidation sites excluding steroid dienone is 1. The van der Waals surface area contributed by atoms with Crippen LogP contribution in [0.4, 0.5) is 0 Å². The van der Waals surface area contributed by atoms with Crippen LogP contribution < -0.4 is 0 Å². The Hall–Kier alpha value is 2.01. The standard InChI is InChI=1S/C3Cl6.3CH3.Al/c4-1(2(5)6)3(7,8)9;;;;/h;3*1H3;. The molecule has 0 rings (SSSR count). The molecule has 7 heteroatoms. The van der Waals surface area contributed by atoms with Crippen molar-refractivity contribution < 1.29 is 0 Å². The molecule has 0 bridgehead atoms. The van der Waals surface area contributed by atoms with E-state index in [9.17, 15) is 0 Å². The lowest BCUT2D eigenvalue weighted by Gasteiger charge is -2.07. The molecule has 0 unspecified atom stereocenters. The molecule has 0 N–H and O–H groups in total. The van der Waals surface area contributed by atoms with Gasteiger partial charge in [0.25, 0.3) is 14.1 Å². The van der Waals surface area contributed by atoms with Crippen molar-refractivity contribution >= 4 is 83.8 Å². The zero-order valence-electron chi connectivity index (χ0n) is 7.35. The molecule has 0 spiro atoms. The molecule has 0 aromatic heterocycles. The Kier molecular flexibility index (Phi) is 11.0. The Bertz CT molecular complexity index is 164. The van der Waals surface area contributed by atoms with Crippen molar-refractivity contribution in [3.05, 3.63) is 9.52 Å². The molecule has 0 amide bonds. The minimum absolute atomic E-state index is 0.139. The third-order valence-corrected chi connectivity index (χ3v) is 2.32. The second-order valence-corrected chi connectivity index (χ2v) is 9.88. The number of halogens is 6. The van der Waals surface area contributed by atoms with E-state index in [0.29, 0.717) is 0 Å². The highest BCUT2D eigenvalue weighted by atomic mass is 35.6. The van der Waals surface area contributed by atoms with Crippen LogP contribution in [0.2, 0.25) is 17.4 Å². The monoisotopic (exact) mass is 318 g/mol. The van der Waals surface area contributed by atoms with E-state index in [4.69, 9.17) is 69.6 Å². The zero-order chi connectivity index (χ0) is 11.2. The zero-order valence-corrected chi connectivity index (χ0v) is 13.0. The van der Waals surface area contributed by atoms with Crippen LogP contribution in [0.1, 0.15) is 0 Å². The average Bonchev–Trinajstić information content (AvgIpc) is 1.82. The fraction of sp³-hybridized carbons (Fsp3) is 0.667. The van der Waals surface area contributed by atoms with Gasteiger partial charge in [-0.15, -0.1) is 17.4 Å². The Balaban J connectivity index is 0. The highest BCUT2D eigenvalue weighted by Gasteiger charge is 2.26. The molecule has 0 aliphatic carbocycles. The summed E-state index contributed by atoms with van der Waals surface area (Å²) in [6.07, 6.45) is 0. The van der Waals surface area contributed by atoms with Crippen molar-refractivity contribution in [3.8, 4) is 0 Å². The van der Waals surface area contributed by atoms with Crippen LogP contribution in [0.25, 0.3) is 0 Å². The predicted octanol–water partition coefficient (Wildman–Crippen LogP) is 5.61. The minimum atomic E-state index is -1.72. The predicted molar refractivity (Wildman–Crippen MR) is 68.2 cm³/mol. The summed E-state index contributed by atoms with van der Waals surface area (Å²) in [7, 11) is 0. The van der Waals surface area contributed by atoms with E-state index in [1.807, 2.05) is 0 Å². The summed E-state index contributed by atoms with van der Waals surface area (Å²) in [5.41, 5.74) is 0. The summed E-state index contributed by atoms with van der Waals surface area (Å²) in [6, 6.07) is 0. The summed E-state index contributed by atoms with van der Waals surface area (Å²) in [5, 5.41) is -0.198. The average molecular weight is 321 g/mol. The highest BCUT2D eigenvalue weighted by molar-refractivity contribution is 6.75. The quantitative estimate of drug-likeness (QED) is 0.402. The van der Waals surface area contributed by atoms with E-state index < -0.39 is 3.79 Å². The molecule has 78 valence electrons. The van der Waals surface area contributed by atoms with Gasteiger partial charge in [0.1, 0.15) is 4.49 Å². The molecule has 0 radical (unpaired) electrons. The van der Waals surface area contributed by atoms with Crippen LogP contribution in [-0.4, -0.2) is 17.9 Å². The molecule has 0 aromatic carbocycles. The van der Waals surface area contributed by atoms with Crippen molar-refractivity contribution in [2.45, 2.75) is 21.1 Å². The van der Waals surface area contributed by atoms with Gasteiger partial charge in [0, 0.05) is 0 Å². The molecule has 0 atom stereocenters. The van der Waals surface area contributed by atoms with Gasteiger partial charge in [-0.25, -0.2) is 0 Å². The highest BCUT2D eigenvalue weighted by Crippen LogP contribution is 2.40. The van der Waals surface area contributed by atoms with Crippen molar-refractivity contribution in [1.82, 2.24) is 0 Å². The molecule has 0 fully saturated rings. The third kappa shape index (κ3) is 14.0. The molecule has 13 heavy (non-hydrogen) atoms. The molecular weight excluding hydrogens is 312 g/mol. The lowest BCUT2D eigenvalue weighted by Crippen LogP contribution is -2.01. The second kappa shape index (κ2) is 8.20. The van der Waals surface area contributed by atoms with Gasteiger partial charge in [-0.2, -0.15) is 0 Å². The van der Waals surface area contributed by atoms with Crippen LogP contribution in [-0.2, 0) is 0 Å². The molecule has 0 saturated heterocycles. The fourth-order valence-electron chi connectivity index (χ4n) is 0.107. The largest absolute Gasteiger partial charge is 0.251 e. The van der Waals surface area contributed by atoms with E-state index in [-0.39, 0.29) is 23.7 Å². The Morgan fingerprint density at radius 3 is 1.15 bits per heavy atom. The van der Waals surface area contributed by atoms with Gasteiger partial charge >= 0.3 is 0 Å². The van der Waals surface area contributed by atoms with Crippen molar-refractivity contribution in [1.29, 1.82) is 0 Å². The minimum Gasteiger partial charge on any atom is -0.106 e. The van der Waals surface area contributed by atoms with Gasteiger partial charge in [0.2, 0.25) is 3.79 Å². The van der Waals surface area contributed by atoms with Gasteiger partial charge in [-0.05, 0) is 0 Å². The van der Waals surface area contributed by atoms with Gasteiger partial charge in [-0.3, -0.25) is 0 Å². The maximum atomic E-state index is 5.31. The van der Waals surface area contributed by atoms with E-state index in [0.717, 1.165) is 0 Å². The van der Waals surface area contributed by atoms with Crippen molar-refractivity contribution in [2.24, 2.45) is 0 Å². The number of hydrogen-bond donors (Lipinski definition) is 0. The summed E-state index contributed by atoms with van der Waals surface area (Å²) in [5.74, 6) is 6.92. The number of alkyl halides is 3. The topological polar surface area (TPSA) is 0 Å². The Morgan fingerprint density at radius 2 is 1.15 bits per heavy atom. The van der Waals surface area contributed by atoms with Crippen molar-refractivity contribution in [3.63, 3.8) is 0 Å². The van der Waals surface area contributed by atoms with Crippen LogP contribution >= 0.6 is 69.6 Å². The van der Waals surface area contributed by atoms with Crippen molar-refractivity contribution in [2.75, 3.05) is 0 Å². The van der Waals surface area contributed by atoms with E-state index >= 15 is 0 Å². The van der Waals surface area contributed by atoms with Crippen LogP contribution in [0.3, 0.4) is 0 Å². The van der Waals surface area contributed by atoms with E-state index in [2.05, 4.69) is 17.4 Å². The number of hydrogen-bond acceptors (Lipinski definition) is 0. The lowest BCUT2D eigenvalue weighted by molar-refractivity contribution is 1.42. The lowest BCUT2D eigenvalue weighted by atomic mass is 10.7. The summed E-state index contributed by atoms with van der Waals surface area (Å²) < 4.78 is -1.96. The molecule has 0 heterocycles. The van der Waals surface area contributed by atoms with Gasteiger partial charge in [-0.1, -0.05) is 69.6 Å². The first-order chi connectivity index (χ1) is 5.59. The third-order valence-electron chi connectivity index (χ3n) is 0.415. The van der Waals surface area contributed by atoms with Gasteiger partial charge < -0.3 is 0 Å². The Labute approximate surface area is 113 Å². The summed E-state index contributed by atoms with van der Waals surface area (Å²) in [4.78, 5) is 0. The fourth-order valence-corrected chi connectivity index (χ4v) is 0.964. The molecule has 0 nitrogen and oxygen atoms in total. The van der Waals surface area contributed by atoms with E-state index in [1.54, 1.807) is 0 Å².